The molecule has 2 aromatic carbocycles. The van der Waals surface area contributed by atoms with Gasteiger partial charge in [-0.2, -0.15) is 0 Å². The zero-order chi connectivity index (χ0) is 14.0. The van der Waals surface area contributed by atoms with Crippen molar-refractivity contribution >= 4 is 28.9 Å². The minimum atomic E-state index is -1.22. The van der Waals surface area contributed by atoms with E-state index < -0.39 is 17.5 Å². The van der Waals surface area contributed by atoms with E-state index >= 15 is 0 Å². The average molecular weight is 306 g/mol. The van der Waals surface area contributed by atoms with Gasteiger partial charge in [-0.25, -0.2) is 13.2 Å². The van der Waals surface area contributed by atoms with Crippen molar-refractivity contribution < 1.29 is 13.2 Å². The summed E-state index contributed by atoms with van der Waals surface area (Å²) in [6.07, 6.45) is 0. The first kappa shape index (κ1) is 14.0. The Morgan fingerprint density at radius 3 is 2.26 bits per heavy atom. The van der Waals surface area contributed by atoms with Crippen LogP contribution in [0.25, 0.3) is 0 Å². The van der Waals surface area contributed by atoms with E-state index in [2.05, 4.69) is 5.32 Å². The van der Waals surface area contributed by atoms with Crippen LogP contribution in [0.1, 0.15) is 5.56 Å². The van der Waals surface area contributed by atoms with Crippen molar-refractivity contribution in [3.63, 3.8) is 0 Å². The van der Waals surface area contributed by atoms with Crippen molar-refractivity contribution in [2.24, 2.45) is 0 Å². The predicted octanol–water partition coefficient (Wildman–Crippen LogP) is 5.02. The maximum Gasteiger partial charge on any atom is 0.161 e. The van der Waals surface area contributed by atoms with Gasteiger partial charge in [-0.1, -0.05) is 23.2 Å². The Kier molecular flexibility index (Phi) is 4.22. The molecule has 1 N–H and O–H groups in total. The zero-order valence-corrected chi connectivity index (χ0v) is 11.0. The molecule has 0 saturated carbocycles. The molecule has 0 aromatic heterocycles. The minimum Gasteiger partial charge on any atom is -0.380 e. The van der Waals surface area contributed by atoms with Crippen LogP contribution in [0.15, 0.2) is 30.3 Å². The molecule has 0 aliphatic rings. The molecule has 0 atom stereocenters. The first-order valence-electron chi connectivity index (χ1n) is 5.29. The van der Waals surface area contributed by atoms with Gasteiger partial charge in [0.05, 0.1) is 10.7 Å². The summed E-state index contributed by atoms with van der Waals surface area (Å²) in [7, 11) is 0. The highest BCUT2D eigenvalue weighted by molar-refractivity contribution is 6.36. The minimum absolute atomic E-state index is 0.00455. The second kappa shape index (κ2) is 5.72. The number of hydrogen-bond acceptors (Lipinski definition) is 1. The Labute approximate surface area is 118 Å². The SMILES string of the molecule is Fc1cc(F)c(CNc2ccc(Cl)cc2Cl)cc1F. The molecular weight excluding hydrogens is 298 g/mol. The third-order valence-electron chi connectivity index (χ3n) is 2.49. The van der Waals surface area contributed by atoms with Gasteiger partial charge in [-0.3, -0.25) is 0 Å². The second-order valence-electron chi connectivity index (χ2n) is 3.84. The summed E-state index contributed by atoms with van der Waals surface area (Å²) in [4.78, 5) is 0. The summed E-state index contributed by atoms with van der Waals surface area (Å²) in [6, 6.07) is 6.06. The largest absolute Gasteiger partial charge is 0.380 e. The third kappa shape index (κ3) is 3.33. The Morgan fingerprint density at radius 2 is 1.58 bits per heavy atom. The first-order chi connectivity index (χ1) is 8.97. The Bertz CT molecular complexity index is 617. The number of rotatable bonds is 3. The number of anilines is 1. The molecule has 0 amide bonds. The molecule has 2 rings (SSSR count). The summed E-state index contributed by atoms with van der Waals surface area (Å²) in [5.74, 6) is -3.14. The van der Waals surface area contributed by atoms with Crippen molar-refractivity contribution in [2.75, 3.05) is 5.32 Å². The smallest absolute Gasteiger partial charge is 0.161 e. The van der Waals surface area contributed by atoms with Crippen LogP contribution in [-0.2, 0) is 6.54 Å². The summed E-state index contributed by atoms with van der Waals surface area (Å²) in [5, 5.41) is 3.65. The van der Waals surface area contributed by atoms with E-state index in [0.717, 1.165) is 6.07 Å². The van der Waals surface area contributed by atoms with Gasteiger partial charge in [0.1, 0.15) is 5.82 Å². The number of nitrogens with one attached hydrogen (secondary N) is 1. The lowest BCUT2D eigenvalue weighted by molar-refractivity contribution is 0.490. The van der Waals surface area contributed by atoms with Crippen LogP contribution in [0.3, 0.4) is 0 Å². The monoisotopic (exact) mass is 305 g/mol. The highest BCUT2D eigenvalue weighted by Gasteiger charge is 2.10. The number of halogens is 5. The van der Waals surface area contributed by atoms with E-state index in [1.807, 2.05) is 0 Å². The summed E-state index contributed by atoms with van der Waals surface area (Å²) in [6.45, 7) is -0.0234. The van der Waals surface area contributed by atoms with Crippen molar-refractivity contribution in [1.82, 2.24) is 0 Å². The molecule has 0 aliphatic carbocycles. The van der Waals surface area contributed by atoms with Gasteiger partial charge in [0.2, 0.25) is 0 Å². The Morgan fingerprint density at radius 1 is 0.895 bits per heavy atom. The van der Waals surface area contributed by atoms with E-state index in [4.69, 9.17) is 23.2 Å². The van der Waals surface area contributed by atoms with Crippen molar-refractivity contribution in [3.05, 3.63) is 63.4 Å². The summed E-state index contributed by atoms with van der Waals surface area (Å²) in [5.41, 5.74) is 0.528. The van der Waals surface area contributed by atoms with Gasteiger partial charge >= 0.3 is 0 Å². The molecule has 2 aromatic rings. The van der Waals surface area contributed by atoms with Gasteiger partial charge in [0, 0.05) is 23.2 Å². The van der Waals surface area contributed by atoms with Crippen molar-refractivity contribution in [3.8, 4) is 0 Å². The average Bonchev–Trinajstić information content (AvgIpc) is 2.34. The van der Waals surface area contributed by atoms with Gasteiger partial charge in [-0.05, 0) is 24.3 Å². The number of benzene rings is 2. The molecule has 0 spiro atoms. The fraction of sp³-hybridized carbons (Fsp3) is 0.0769. The lowest BCUT2D eigenvalue weighted by Gasteiger charge is -2.09. The number of hydrogen-bond donors (Lipinski definition) is 1. The molecule has 1 nitrogen and oxygen atoms in total. The van der Waals surface area contributed by atoms with Gasteiger partial charge in [0.25, 0.3) is 0 Å². The predicted molar refractivity (Wildman–Crippen MR) is 70.1 cm³/mol. The quantitative estimate of drug-likeness (QED) is 0.785. The Balaban J connectivity index is 2.16. The summed E-state index contributed by atoms with van der Waals surface area (Å²) < 4.78 is 39.2. The van der Waals surface area contributed by atoms with Crippen molar-refractivity contribution in [2.45, 2.75) is 6.54 Å². The second-order valence-corrected chi connectivity index (χ2v) is 4.68. The lowest BCUT2D eigenvalue weighted by Crippen LogP contribution is -2.04. The molecule has 0 heterocycles. The van der Waals surface area contributed by atoms with Crippen LogP contribution in [0.4, 0.5) is 18.9 Å². The van der Waals surface area contributed by atoms with Crippen LogP contribution in [0, 0.1) is 17.5 Å². The molecule has 0 unspecified atom stereocenters. The fourth-order valence-corrected chi connectivity index (χ4v) is 2.00. The van der Waals surface area contributed by atoms with E-state index in [9.17, 15) is 13.2 Å². The van der Waals surface area contributed by atoms with Gasteiger partial charge in [-0.15, -0.1) is 0 Å². The van der Waals surface area contributed by atoms with Crippen LogP contribution < -0.4 is 5.32 Å². The molecular formula is C13H8Cl2F3N. The van der Waals surface area contributed by atoms with E-state index in [1.54, 1.807) is 12.1 Å². The molecule has 0 radical (unpaired) electrons. The topological polar surface area (TPSA) is 12.0 Å². The third-order valence-corrected chi connectivity index (χ3v) is 3.04. The van der Waals surface area contributed by atoms with E-state index in [-0.39, 0.29) is 12.1 Å². The molecule has 100 valence electrons. The Hall–Kier alpha value is -1.39. The fourth-order valence-electron chi connectivity index (χ4n) is 1.52. The lowest BCUT2D eigenvalue weighted by atomic mass is 10.2. The maximum atomic E-state index is 13.4. The molecule has 0 bridgehead atoms. The van der Waals surface area contributed by atoms with E-state index in [1.165, 1.54) is 6.07 Å². The summed E-state index contributed by atoms with van der Waals surface area (Å²) >= 11 is 11.7. The molecule has 0 saturated heterocycles. The molecule has 6 heteroatoms. The van der Waals surface area contributed by atoms with Crippen LogP contribution in [0.5, 0.6) is 0 Å². The van der Waals surface area contributed by atoms with Gasteiger partial charge < -0.3 is 5.32 Å². The zero-order valence-electron chi connectivity index (χ0n) is 9.48. The van der Waals surface area contributed by atoms with Crippen molar-refractivity contribution in [1.29, 1.82) is 0 Å². The van der Waals surface area contributed by atoms with Crippen LogP contribution >= 0.6 is 23.2 Å². The first-order valence-corrected chi connectivity index (χ1v) is 6.05. The van der Waals surface area contributed by atoms with Crippen LogP contribution in [-0.4, -0.2) is 0 Å². The normalized spacial score (nSPS) is 10.6. The highest BCUT2D eigenvalue weighted by atomic mass is 35.5. The standard InChI is InChI=1S/C13H8Cl2F3N/c14-8-1-2-13(9(15)4-8)19-6-7-3-11(17)12(18)5-10(7)16/h1-5,19H,6H2. The molecule has 0 aliphatic heterocycles. The highest BCUT2D eigenvalue weighted by Crippen LogP contribution is 2.26. The van der Waals surface area contributed by atoms with Crippen LogP contribution in [0.2, 0.25) is 10.0 Å². The van der Waals surface area contributed by atoms with E-state index in [0.29, 0.717) is 21.8 Å². The molecule has 0 fully saturated rings. The maximum absolute atomic E-state index is 13.4. The van der Waals surface area contributed by atoms with Gasteiger partial charge in [0.15, 0.2) is 11.6 Å². The molecule has 19 heavy (non-hydrogen) atoms.